The molecule has 2 N–H and O–H groups in total. The minimum Gasteiger partial charge on any atom is -0.488 e. The van der Waals surface area contributed by atoms with Crippen LogP contribution in [0.4, 0.5) is 10.2 Å². The summed E-state index contributed by atoms with van der Waals surface area (Å²) in [5.41, 5.74) is 1.96. The molecule has 0 saturated carbocycles. The average Bonchev–Trinajstić information content (AvgIpc) is 3.13. The molecule has 1 aromatic heterocycles. The predicted octanol–water partition coefficient (Wildman–Crippen LogP) is 3.65. The van der Waals surface area contributed by atoms with Gasteiger partial charge in [-0.15, -0.1) is 0 Å². The molecule has 1 aromatic carbocycles. The van der Waals surface area contributed by atoms with Gasteiger partial charge < -0.3 is 20.3 Å². The zero-order valence-corrected chi connectivity index (χ0v) is 18.5. The number of anilines is 1. The summed E-state index contributed by atoms with van der Waals surface area (Å²) in [5, 5.41) is 6.82. The van der Waals surface area contributed by atoms with Gasteiger partial charge in [0.15, 0.2) is 17.6 Å². The number of guanidine groups is 1. The van der Waals surface area contributed by atoms with Crippen molar-refractivity contribution in [1.82, 2.24) is 15.6 Å². The second-order valence-electron chi connectivity index (χ2n) is 8.64. The van der Waals surface area contributed by atoms with Crippen molar-refractivity contribution >= 4 is 11.8 Å². The third-order valence-corrected chi connectivity index (χ3v) is 4.88. The monoisotopic (exact) mass is 413 g/mol. The van der Waals surface area contributed by atoms with Crippen LogP contribution in [0.2, 0.25) is 0 Å². The Bertz CT molecular complexity index is 893. The highest BCUT2D eigenvalue weighted by Crippen LogP contribution is 2.25. The number of halogens is 1. The topological polar surface area (TPSA) is 61.8 Å². The van der Waals surface area contributed by atoms with Gasteiger partial charge in [0.1, 0.15) is 11.4 Å². The molecule has 0 bridgehead atoms. The van der Waals surface area contributed by atoms with E-state index in [1.165, 1.54) is 6.07 Å². The largest absolute Gasteiger partial charge is 0.488 e. The van der Waals surface area contributed by atoms with E-state index >= 15 is 0 Å². The molecule has 6 nitrogen and oxygen atoms in total. The third kappa shape index (κ3) is 5.84. The number of ether oxygens (including phenoxy) is 1. The van der Waals surface area contributed by atoms with Crippen LogP contribution in [-0.4, -0.2) is 42.7 Å². The van der Waals surface area contributed by atoms with Crippen LogP contribution in [0.15, 0.2) is 41.5 Å². The first kappa shape index (κ1) is 21.9. The fraction of sp³-hybridized carbons (Fsp3) is 0.478. The van der Waals surface area contributed by atoms with Gasteiger partial charge in [-0.25, -0.2) is 9.37 Å². The maximum atomic E-state index is 14.0. The van der Waals surface area contributed by atoms with Crippen LogP contribution in [0.1, 0.15) is 38.3 Å². The molecule has 30 heavy (non-hydrogen) atoms. The summed E-state index contributed by atoms with van der Waals surface area (Å²) < 4.78 is 20.2. The molecule has 2 heterocycles. The van der Waals surface area contributed by atoms with Crippen LogP contribution in [0.5, 0.6) is 5.75 Å². The maximum Gasteiger partial charge on any atom is 0.191 e. The number of nitrogens with one attached hydrogen (secondary N) is 2. The van der Waals surface area contributed by atoms with Gasteiger partial charge in [-0.05, 0) is 57.9 Å². The van der Waals surface area contributed by atoms with E-state index in [9.17, 15) is 4.39 Å². The van der Waals surface area contributed by atoms with Crippen LogP contribution in [0, 0.1) is 12.7 Å². The molecular formula is C23H32FN5O. The first-order valence-corrected chi connectivity index (χ1v) is 10.4. The second kappa shape index (κ2) is 9.32. The predicted molar refractivity (Wildman–Crippen MR) is 120 cm³/mol. The van der Waals surface area contributed by atoms with Crippen LogP contribution in [-0.2, 0) is 6.54 Å². The Labute approximate surface area is 178 Å². The Morgan fingerprint density at radius 3 is 2.83 bits per heavy atom. The Kier molecular flexibility index (Phi) is 6.80. The molecule has 7 heteroatoms. The fourth-order valence-corrected chi connectivity index (χ4v) is 3.48. The minimum atomic E-state index is -0.286. The normalized spacial score (nSPS) is 17.2. The molecule has 1 fully saturated rings. The van der Waals surface area contributed by atoms with Gasteiger partial charge in [0, 0.05) is 44.5 Å². The van der Waals surface area contributed by atoms with Gasteiger partial charge in [0.25, 0.3) is 0 Å². The van der Waals surface area contributed by atoms with E-state index in [-0.39, 0.29) is 17.5 Å². The van der Waals surface area contributed by atoms with Gasteiger partial charge >= 0.3 is 0 Å². The number of aliphatic imine (C=N–C) groups is 1. The van der Waals surface area contributed by atoms with Crippen molar-refractivity contribution in [1.29, 1.82) is 0 Å². The van der Waals surface area contributed by atoms with Crippen molar-refractivity contribution in [2.75, 3.05) is 25.0 Å². The maximum absolute atomic E-state index is 14.0. The van der Waals surface area contributed by atoms with E-state index in [1.54, 1.807) is 19.3 Å². The van der Waals surface area contributed by atoms with E-state index in [0.717, 1.165) is 29.8 Å². The molecular weight excluding hydrogens is 381 g/mol. The van der Waals surface area contributed by atoms with Gasteiger partial charge in [-0.2, -0.15) is 0 Å². The van der Waals surface area contributed by atoms with E-state index in [2.05, 4.69) is 45.7 Å². The zero-order chi connectivity index (χ0) is 21.7. The lowest BCUT2D eigenvalue weighted by Crippen LogP contribution is -2.44. The van der Waals surface area contributed by atoms with Gasteiger partial charge in [0.2, 0.25) is 0 Å². The van der Waals surface area contributed by atoms with Gasteiger partial charge in [-0.1, -0.05) is 12.1 Å². The highest BCUT2D eigenvalue weighted by molar-refractivity contribution is 5.80. The quantitative estimate of drug-likeness (QED) is 0.579. The van der Waals surface area contributed by atoms with E-state index < -0.39 is 0 Å². The summed E-state index contributed by atoms with van der Waals surface area (Å²) in [4.78, 5) is 10.5. The summed E-state index contributed by atoms with van der Waals surface area (Å²) in [6.07, 6.45) is 2.51. The summed E-state index contributed by atoms with van der Waals surface area (Å²) in [5.74, 6) is 1.72. The summed E-state index contributed by atoms with van der Waals surface area (Å²) in [6, 6.07) is 9.45. The third-order valence-electron chi connectivity index (χ3n) is 4.88. The molecule has 1 aliphatic heterocycles. The number of aryl methyl sites for hydroxylation is 1. The van der Waals surface area contributed by atoms with Gasteiger partial charge in [-0.3, -0.25) is 4.99 Å². The second-order valence-corrected chi connectivity index (χ2v) is 8.64. The lowest BCUT2D eigenvalue weighted by atomic mass is 10.1. The van der Waals surface area contributed by atoms with Crippen molar-refractivity contribution in [3.05, 3.63) is 53.5 Å². The first-order chi connectivity index (χ1) is 14.2. The standard InChI is InChI=1S/C23H32FN5O/c1-16-8-9-17(20(13-16)30-23(2,3)4)14-27-22(25-5)28-18-10-12-29(15-18)21-19(24)7-6-11-26-21/h6-9,11,13,18H,10,12,14-15H2,1-5H3,(H2,25,27,28). The van der Waals surface area contributed by atoms with Crippen LogP contribution in [0.3, 0.4) is 0 Å². The molecule has 162 valence electrons. The Hall–Kier alpha value is -2.83. The Morgan fingerprint density at radius 1 is 1.33 bits per heavy atom. The lowest BCUT2D eigenvalue weighted by Gasteiger charge is -2.24. The first-order valence-electron chi connectivity index (χ1n) is 10.4. The van der Waals surface area contributed by atoms with Crippen molar-refractivity contribution < 1.29 is 9.13 Å². The highest BCUT2D eigenvalue weighted by Gasteiger charge is 2.26. The number of hydrogen-bond donors (Lipinski definition) is 2. The number of rotatable bonds is 5. The number of aromatic nitrogens is 1. The molecule has 2 aromatic rings. The number of hydrogen-bond acceptors (Lipinski definition) is 4. The highest BCUT2D eigenvalue weighted by atomic mass is 19.1. The number of benzene rings is 1. The molecule has 1 aliphatic rings. The van der Waals surface area contributed by atoms with Crippen molar-refractivity contribution in [3.63, 3.8) is 0 Å². The smallest absolute Gasteiger partial charge is 0.191 e. The van der Waals surface area contributed by atoms with Crippen molar-refractivity contribution in [3.8, 4) is 5.75 Å². The molecule has 3 rings (SSSR count). The number of nitrogens with zero attached hydrogens (tertiary/aromatic N) is 3. The van der Waals surface area contributed by atoms with E-state index in [0.29, 0.717) is 24.9 Å². The molecule has 0 radical (unpaired) electrons. The molecule has 1 atom stereocenters. The van der Waals surface area contributed by atoms with Crippen LogP contribution >= 0.6 is 0 Å². The Balaban J connectivity index is 1.59. The summed E-state index contributed by atoms with van der Waals surface area (Å²) >= 11 is 0. The zero-order valence-electron chi connectivity index (χ0n) is 18.5. The number of pyridine rings is 1. The fourth-order valence-electron chi connectivity index (χ4n) is 3.48. The van der Waals surface area contributed by atoms with E-state index in [4.69, 9.17) is 4.74 Å². The molecule has 0 spiro atoms. The lowest BCUT2D eigenvalue weighted by molar-refractivity contribution is 0.129. The van der Waals surface area contributed by atoms with Gasteiger partial charge in [0.05, 0.1) is 0 Å². The molecule has 0 amide bonds. The minimum absolute atomic E-state index is 0.168. The van der Waals surface area contributed by atoms with Crippen molar-refractivity contribution in [2.24, 2.45) is 4.99 Å². The SMILES string of the molecule is CN=C(NCc1ccc(C)cc1OC(C)(C)C)NC1CCN(c2ncccc2F)C1. The molecule has 0 aliphatic carbocycles. The Morgan fingerprint density at radius 2 is 2.13 bits per heavy atom. The van der Waals surface area contributed by atoms with E-state index in [1.807, 2.05) is 25.7 Å². The average molecular weight is 414 g/mol. The van der Waals surface area contributed by atoms with Crippen molar-refractivity contribution in [2.45, 2.75) is 52.3 Å². The van der Waals surface area contributed by atoms with Crippen LogP contribution < -0.4 is 20.3 Å². The summed E-state index contributed by atoms with van der Waals surface area (Å²) in [7, 11) is 1.75. The molecule has 1 unspecified atom stereocenters. The molecule has 1 saturated heterocycles. The summed E-state index contributed by atoms with van der Waals surface area (Å²) in [6.45, 7) is 10.2. The van der Waals surface area contributed by atoms with Crippen LogP contribution in [0.25, 0.3) is 0 Å².